The van der Waals surface area contributed by atoms with Crippen LogP contribution in [-0.2, 0) is 4.79 Å². The lowest BCUT2D eigenvalue weighted by Gasteiger charge is -2.17. The van der Waals surface area contributed by atoms with E-state index in [1.54, 1.807) is 6.07 Å². The summed E-state index contributed by atoms with van der Waals surface area (Å²) in [5, 5.41) is 12.9. The Morgan fingerprint density at radius 1 is 1.33 bits per heavy atom. The Morgan fingerprint density at radius 3 is 2.72 bits per heavy atom. The molecule has 0 saturated carbocycles. The molecule has 18 heavy (non-hydrogen) atoms. The molecule has 2 rings (SSSR count). The van der Waals surface area contributed by atoms with E-state index in [1.807, 2.05) is 37.3 Å². The molecule has 0 aliphatic heterocycles. The molecule has 4 nitrogen and oxygen atoms in total. The molecular weight excluding hydrogens is 230 g/mol. The second kappa shape index (κ2) is 5.06. The molecular formula is C14H15NO3. The normalized spacial score (nSPS) is 12.3. The number of carbonyl (C=O) groups excluding carboxylic acids is 1. The van der Waals surface area contributed by atoms with Gasteiger partial charge in [0.25, 0.3) is 0 Å². The molecule has 94 valence electrons. The van der Waals surface area contributed by atoms with Gasteiger partial charge in [-0.15, -0.1) is 0 Å². The van der Waals surface area contributed by atoms with Crippen LogP contribution in [0.4, 0.5) is 0 Å². The zero-order valence-electron chi connectivity index (χ0n) is 10.2. The summed E-state index contributed by atoms with van der Waals surface area (Å²) in [5.74, 6) is -0.646. The number of quaternary nitrogens is 1. The van der Waals surface area contributed by atoms with Gasteiger partial charge in [-0.2, -0.15) is 0 Å². The average Bonchev–Trinajstić information content (AvgIpc) is 2.38. The van der Waals surface area contributed by atoms with Gasteiger partial charge >= 0.3 is 0 Å². The Labute approximate surface area is 105 Å². The van der Waals surface area contributed by atoms with E-state index in [2.05, 4.69) is 5.73 Å². The Hall–Kier alpha value is -2.07. The van der Waals surface area contributed by atoms with Crippen molar-refractivity contribution in [3.8, 4) is 5.75 Å². The minimum Gasteiger partial charge on any atom is -0.544 e. The van der Waals surface area contributed by atoms with Gasteiger partial charge < -0.3 is 20.4 Å². The van der Waals surface area contributed by atoms with Crippen molar-refractivity contribution in [3.05, 3.63) is 42.0 Å². The van der Waals surface area contributed by atoms with Crippen LogP contribution >= 0.6 is 0 Å². The molecule has 0 saturated heterocycles. The number of aliphatic carboxylic acids is 1. The lowest BCUT2D eigenvalue weighted by molar-refractivity contribution is -0.442. The molecule has 0 spiro atoms. The summed E-state index contributed by atoms with van der Waals surface area (Å²) in [4.78, 5) is 11.1. The van der Waals surface area contributed by atoms with Gasteiger partial charge in [-0.25, -0.2) is 0 Å². The van der Waals surface area contributed by atoms with Gasteiger partial charge in [0.1, 0.15) is 11.7 Å². The van der Waals surface area contributed by atoms with E-state index in [-0.39, 0.29) is 0 Å². The number of carboxylic acid groups (broad SMARTS) is 1. The lowest BCUT2D eigenvalue weighted by atomic mass is 9.98. The summed E-state index contributed by atoms with van der Waals surface area (Å²) in [5.41, 5.74) is 4.24. The molecule has 0 aliphatic carbocycles. The quantitative estimate of drug-likeness (QED) is 0.840. The Kier molecular flexibility index (Phi) is 3.48. The van der Waals surface area contributed by atoms with Crippen LogP contribution in [0.2, 0.25) is 0 Å². The van der Waals surface area contributed by atoms with Crippen LogP contribution in [0, 0.1) is 0 Å². The highest BCUT2D eigenvalue weighted by Crippen LogP contribution is 2.31. The van der Waals surface area contributed by atoms with Crippen LogP contribution in [0.25, 0.3) is 10.8 Å². The number of rotatable bonds is 4. The maximum Gasteiger partial charge on any atom is 0.154 e. The molecule has 0 radical (unpaired) electrons. The number of hydrogen-bond donors (Lipinski definition) is 1. The molecule has 0 aromatic heterocycles. The Morgan fingerprint density at radius 2 is 2.06 bits per heavy atom. The van der Waals surface area contributed by atoms with Gasteiger partial charge in [0.05, 0.1) is 12.2 Å². The highest BCUT2D eigenvalue weighted by molar-refractivity contribution is 5.91. The molecule has 0 amide bonds. The number of ether oxygens (including phenoxy) is 1. The molecule has 1 atom stereocenters. The van der Waals surface area contributed by atoms with Crippen molar-refractivity contribution in [2.75, 3.05) is 6.61 Å². The fourth-order valence-electron chi connectivity index (χ4n) is 2.03. The van der Waals surface area contributed by atoms with Gasteiger partial charge in [-0.3, -0.25) is 0 Å². The lowest BCUT2D eigenvalue weighted by Crippen LogP contribution is -2.61. The minimum absolute atomic E-state index is 0.477. The third kappa shape index (κ3) is 2.15. The molecule has 0 heterocycles. The number of carboxylic acids is 1. The summed E-state index contributed by atoms with van der Waals surface area (Å²) < 4.78 is 5.49. The fourth-order valence-corrected chi connectivity index (χ4v) is 2.03. The maximum absolute atomic E-state index is 11.1. The fraction of sp³-hybridized carbons (Fsp3) is 0.214. The second-order valence-corrected chi connectivity index (χ2v) is 4.00. The molecule has 0 aliphatic rings. The van der Waals surface area contributed by atoms with Gasteiger partial charge in [-0.05, 0) is 23.8 Å². The maximum atomic E-state index is 11.1. The molecule has 0 unspecified atom stereocenters. The van der Waals surface area contributed by atoms with Crippen molar-refractivity contribution in [2.45, 2.75) is 13.0 Å². The summed E-state index contributed by atoms with van der Waals surface area (Å²) >= 11 is 0. The van der Waals surface area contributed by atoms with Gasteiger partial charge in [-0.1, -0.05) is 30.3 Å². The van der Waals surface area contributed by atoms with E-state index in [9.17, 15) is 9.90 Å². The van der Waals surface area contributed by atoms with Crippen LogP contribution in [0.3, 0.4) is 0 Å². The molecule has 4 heteroatoms. The minimum atomic E-state index is -1.20. The van der Waals surface area contributed by atoms with Crippen molar-refractivity contribution in [1.82, 2.24) is 0 Å². The largest absolute Gasteiger partial charge is 0.544 e. The molecule has 2 aromatic carbocycles. The van der Waals surface area contributed by atoms with E-state index in [4.69, 9.17) is 4.74 Å². The van der Waals surface area contributed by atoms with Crippen LogP contribution in [-0.4, -0.2) is 12.6 Å². The van der Waals surface area contributed by atoms with Gasteiger partial charge in [0, 0.05) is 0 Å². The predicted octanol–water partition coefficient (Wildman–Crippen LogP) is 0.271. The second-order valence-electron chi connectivity index (χ2n) is 4.00. The van der Waals surface area contributed by atoms with Crippen LogP contribution in [0.15, 0.2) is 36.4 Å². The van der Waals surface area contributed by atoms with E-state index < -0.39 is 12.0 Å². The first-order valence-electron chi connectivity index (χ1n) is 5.83. The predicted molar refractivity (Wildman–Crippen MR) is 65.8 cm³/mol. The SMILES string of the molecule is CCOc1ccc2ccccc2c1[C@H]([NH3+])C(=O)[O-]. The first-order chi connectivity index (χ1) is 8.65. The molecule has 0 bridgehead atoms. The third-order valence-corrected chi connectivity index (χ3v) is 2.86. The van der Waals surface area contributed by atoms with Crippen LogP contribution in [0.1, 0.15) is 18.5 Å². The Balaban J connectivity index is 2.69. The summed E-state index contributed by atoms with van der Waals surface area (Å²) in [7, 11) is 0. The zero-order chi connectivity index (χ0) is 13.1. The van der Waals surface area contributed by atoms with Crippen molar-refractivity contribution < 1.29 is 20.4 Å². The molecule has 3 N–H and O–H groups in total. The van der Waals surface area contributed by atoms with Crippen molar-refractivity contribution >= 4 is 16.7 Å². The smallest absolute Gasteiger partial charge is 0.154 e. The van der Waals surface area contributed by atoms with Crippen LogP contribution in [0.5, 0.6) is 5.75 Å². The summed E-state index contributed by atoms with van der Waals surface area (Å²) in [6, 6.07) is 10.3. The van der Waals surface area contributed by atoms with E-state index in [0.29, 0.717) is 17.9 Å². The molecule has 2 aromatic rings. The van der Waals surface area contributed by atoms with Crippen molar-refractivity contribution in [1.29, 1.82) is 0 Å². The van der Waals surface area contributed by atoms with Crippen molar-refractivity contribution in [3.63, 3.8) is 0 Å². The van der Waals surface area contributed by atoms with Crippen molar-refractivity contribution in [2.24, 2.45) is 0 Å². The monoisotopic (exact) mass is 245 g/mol. The first-order valence-corrected chi connectivity index (χ1v) is 5.83. The number of benzene rings is 2. The highest BCUT2D eigenvalue weighted by Gasteiger charge is 2.19. The zero-order valence-corrected chi connectivity index (χ0v) is 10.2. The summed E-state index contributed by atoms with van der Waals surface area (Å²) in [6.07, 6.45) is 0. The van der Waals surface area contributed by atoms with Crippen LogP contribution < -0.4 is 15.6 Å². The number of fused-ring (bicyclic) bond motifs is 1. The number of hydrogen-bond acceptors (Lipinski definition) is 3. The van der Waals surface area contributed by atoms with E-state index in [0.717, 1.165) is 10.8 Å². The molecule has 0 fully saturated rings. The Bertz CT molecular complexity index is 580. The van der Waals surface area contributed by atoms with Gasteiger partial charge in [0.2, 0.25) is 0 Å². The summed E-state index contributed by atoms with van der Waals surface area (Å²) in [6.45, 7) is 2.33. The third-order valence-electron chi connectivity index (χ3n) is 2.86. The van der Waals surface area contributed by atoms with E-state index >= 15 is 0 Å². The van der Waals surface area contributed by atoms with E-state index in [1.165, 1.54) is 0 Å². The highest BCUT2D eigenvalue weighted by atomic mass is 16.5. The number of carbonyl (C=O) groups is 1. The topological polar surface area (TPSA) is 77.0 Å². The van der Waals surface area contributed by atoms with Gasteiger partial charge in [0.15, 0.2) is 6.04 Å². The standard InChI is InChI=1S/C14H15NO3/c1-2-18-11-8-7-9-5-3-4-6-10(9)12(11)13(15)14(16)17/h3-8,13H,2,15H2,1H3,(H,16,17)/t13-/m0/s1. The first kappa shape index (κ1) is 12.4. The average molecular weight is 245 g/mol.